The summed E-state index contributed by atoms with van der Waals surface area (Å²) < 4.78 is 32.0. The second-order valence-corrected chi connectivity index (χ2v) is 6.57. The van der Waals surface area contributed by atoms with Gasteiger partial charge in [-0.15, -0.1) is 0 Å². The van der Waals surface area contributed by atoms with Gasteiger partial charge in [-0.2, -0.15) is 0 Å². The van der Waals surface area contributed by atoms with Crippen molar-refractivity contribution in [3.63, 3.8) is 0 Å². The van der Waals surface area contributed by atoms with E-state index in [-0.39, 0.29) is 11.4 Å². The zero-order chi connectivity index (χ0) is 15.0. The number of hydrogen-bond acceptors (Lipinski definition) is 5. The fraction of sp³-hybridized carbons (Fsp3) is 0.538. The Hall–Kier alpha value is -1.15. The average molecular weight is 301 g/mol. The lowest BCUT2D eigenvalue weighted by molar-refractivity contribution is 0.128. The summed E-state index contributed by atoms with van der Waals surface area (Å²) in [6, 6.07) is 6.46. The number of rotatable bonds is 9. The topological polar surface area (TPSA) is 93.4 Å². The minimum absolute atomic E-state index is 0.129. The summed E-state index contributed by atoms with van der Waals surface area (Å²) in [4.78, 5) is 0.129. The Labute approximate surface area is 120 Å². The van der Waals surface area contributed by atoms with E-state index in [0.717, 1.165) is 6.42 Å². The molecule has 0 radical (unpaired) electrons. The second-order valence-electron chi connectivity index (χ2n) is 4.83. The summed E-state index contributed by atoms with van der Waals surface area (Å²) in [6.45, 7) is 5.45. The third kappa shape index (κ3) is 5.46. The van der Waals surface area contributed by atoms with E-state index in [1.165, 1.54) is 6.07 Å². The van der Waals surface area contributed by atoms with E-state index in [1.54, 1.807) is 18.2 Å². The van der Waals surface area contributed by atoms with Gasteiger partial charge < -0.3 is 10.2 Å². The van der Waals surface area contributed by atoms with Crippen LogP contribution in [0.2, 0.25) is 0 Å². The van der Waals surface area contributed by atoms with Crippen LogP contribution in [0.5, 0.6) is 0 Å². The van der Waals surface area contributed by atoms with E-state index in [9.17, 15) is 8.42 Å². The van der Waals surface area contributed by atoms with Crippen LogP contribution in [-0.2, 0) is 14.8 Å². The maximum absolute atomic E-state index is 12.1. The van der Waals surface area contributed by atoms with Gasteiger partial charge >= 0.3 is 0 Å². The Morgan fingerprint density at radius 3 is 2.60 bits per heavy atom. The van der Waals surface area contributed by atoms with Crippen LogP contribution in [0.25, 0.3) is 0 Å². The van der Waals surface area contributed by atoms with Crippen LogP contribution in [0.15, 0.2) is 29.2 Å². The van der Waals surface area contributed by atoms with Crippen molar-refractivity contribution in [3.05, 3.63) is 24.3 Å². The second kappa shape index (κ2) is 8.21. The molecule has 0 amide bonds. The summed E-state index contributed by atoms with van der Waals surface area (Å²) in [5.74, 6) is 5.88. The molecule has 0 heterocycles. The minimum atomic E-state index is -3.58. The van der Waals surface area contributed by atoms with Crippen LogP contribution in [-0.4, -0.2) is 28.2 Å². The summed E-state index contributed by atoms with van der Waals surface area (Å²) in [7, 11) is -3.58. The van der Waals surface area contributed by atoms with Gasteiger partial charge in [-0.05, 0) is 24.5 Å². The fourth-order valence-electron chi connectivity index (χ4n) is 1.57. The SMILES string of the molecule is CC(C)CCOCCNS(=O)(=O)c1ccccc1NN. The molecule has 0 aliphatic rings. The smallest absolute Gasteiger partial charge is 0.242 e. The van der Waals surface area contributed by atoms with Crippen LogP contribution < -0.4 is 16.0 Å². The van der Waals surface area contributed by atoms with Gasteiger partial charge in [0.15, 0.2) is 0 Å². The van der Waals surface area contributed by atoms with Gasteiger partial charge in [0.2, 0.25) is 10.0 Å². The lowest BCUT2D eigenvalue weighted by Gasteiger charge is -2.11. The standard InChI is InChI=1S/C13H23N3O3S/c1-11(2)7-9-19-10-8-15-20(17,18)13-6-4-3-5-12(13)16-14/h3-6,11,15-16H,7-10,14H2,1-2H3. The molecule has 0 aromatic heterocycles. The van der Waals surface area contributed by atoms with E-state index in [1.807, 2.05) is 0 Å². The number of para-hydroxylation sites is 1. The molecule has 114 valence electrons. The molecule has 20 heavy (non-hydrogen) atoms. The van der Waals surface area contributed by atoms with Gasteiger partial charge in [0.25, 0.3) is 0 Å². The van der Waals surface area contributed by atoms with E-state index in [4.69, 9.17) is 10.6 Å². The monoisotopic (exact) mass is 301 g/mol. The lowest BCUT2D eigenvalue weighted by atomic mass is 10.1. The Morgan fingerprint density at radius 1 is 1.25 bits per heavy atom. The molecule has 0 unspecified atom stereocenters. The first kappa shape index (κ1) is 16.9. The molecule has 0 spiro atoms. The van der Waals surface area contributed by atoms with Crippen LogP contribution in [0.3, 0.4) is 0 Å². The van der Waals surface area contributed by atoms with E-state index in [0.29, 0.717) is 24.8 Å². The number of ether oxygens (including phenoxy) is 1. The molecular weight excluding hydrogens is 278 g/mol. The van der Waals surface area contributed by atoms with E-state index >= 15 is 0 Å². The zero-order valence-corrected chi connectivity index (χ0v) is 12.7. The van der Waals surface area contributed by atoms with Crippen molar-refractivity contribution >= 4 is 15.7 Å². The predicted molar refractivity (Wildman–Crippen MR) is 79.7 cm³/mol. The third-order valence-corrected chi connectivity index (χ3v) is 4.23. The molecule has 0 fully saturated rings. The van der Waals surface area contributed by atoms with Crippen LogP contribution in [0.4, 0.5) is 5.69 Å². The highest BCUT2D eigenvalue weighted by Crippen LogP contribution is 2.18. The molecule has 0 aliphatic heterocycles. The normalized spacial score (nSPS) is 11.8. The number of benzene rings is 1. The van der Waals surface area contributed by atoms with Crippen LogP contribution >= 0.6 is 0 Å². The Morgan fingerprint density at radius 2 is 1.95 bits per heavy atom. The quantitative estimate of drug-likeness (QED) is 0.363. The molecule has 1 aromatic carbocycles. The fourth-order valence-corrected chi connectivity index (χ4v) is 2.75. The highest BCUT2D eigenvalue weighted by molar-refractivity contribution is 7.89. The Kier molecular flexibility index (Phi) is 6.94. The maximum atomic E-state index is 12.1. The van der Waals surface area contributed by atoms with E-state index < -0.39 is 10.0 Å². The molecule has 1 aromatic rings. The number of nitrogens with one attached hydrogen (secondary N) is 2. The summed E-state index contributed by atoms with van der Waals surface area (Å²) in [6.07, 6.45) is 0.965. The van der Waals surface area contributed by atoms with Crippen molar-refractivity contribution in [3.8, 4) is 0 Å². The van der Waals surface area contributed by atoms with Crippen molar-refractivity contribution in [2.24, 2.45) is 11.8 Å². The van der Waals surface area contributed by atoms with Crippen molar-refractivity contribution < 1.29 is 13.2 Å². The van der Waals surface area contributed by atoms with Gasteiger partial charge in [0.1, 0.15) is 4.90 Å². The van der Waals surface area contributed by atoms with E-state index in [2.05, 4.69) is 24.0 Å². The van der Waals surface area contributed by atoms with Crippen LogP contribution in [0.1, 0.15) is 20.3 Å². The van der Waals surface area contributed by atoms with Crippen LogP contribution in [0, 0.1) is 5.92 Å². The summed E-state index contributed by atoms with van der Waals surface area (Å²) in [5.41, 5.74) is 2.74. The molecule has 6 nitrogen and oxygen atoms in total. The van der Waals surface area contributed by atoms with Gasteiger partial charge in [0, 0.05) is 13.2 Å². The van der Waals surface area contributed by atoms with Gasteiger partial charge in [-0.1, -0.05) is 26.0 Å². The van der Waals surface area contributed by atoms with Crippen molar-refractivity contribution in [2.75, 3.05) is 25.2 Å². The largest absolute Gasteiger partial charge is 0.380 e. The van der Waals surface area contributed by atoms with Crippen molar-refractivity contribution in [2.45, 2.75) is 25.2 Å². The lowest BCUT2D eigenvalue weighted by Crippen LogP contribution is -2.28. The van der Waals surface area contributed by atoms with Crippen molar-refractivity contribution in [1.29, 1.82) is 0 Å². The number of hydrazine groups is 1. The van der Waals surface area contributed by atoms with Gasteiger partial charge in [-0.25, -0.2) is 13.1 Å². The van der Waals surface area contributed by atoms with Crippen molar-refractivity contribution in [1.82, 2.24) is 4.72 Å². The maximum Gasteiger partial charge on any atom is 0.242 e. The molecule has 1 rings (SSSR count). The molecule has 7 heteroatoms. The van der Waals surface area contributed by atoms with Gasteiger partial charge in [0.05, 0.1) is 12.3 Å². The molecule has 0 saturated heterocycles. The molecular formula is C13H23N3O3S. The number of nitrogen functional groups attached to an aromatic ring is 1. The molecule has 0 aliphatic carbocycles. The number of sulfonamides is 1. The summed E-state index contributed by atoms with van der Waals surface area (Å²) in [5, 5.41) is 0. The minimum Gasteiger partial charge on any atom is -0.380 e. The van der Waals surface area contributed by atoms with Gasteiger partial charge in [-0.3, -0.25) is 5.84 Å². The number of nitrogens with two attached hydrogens (primary N) is 1. The Bertz CT molecular complexity index is 503. The Balaban J connectivity index is 2.46. The highest BCUT2D eigenvalue weighted by atomic mass is 32.2. The first-order valence-electron chi connectivity index (χ1n) is 6.60. The molecule has 4 N–H and O–H groups in total. The molecule has 0 bridgehead atoms. The average Bonchev–Trinajstić information content (AvgIpc) is 2.42. The summed E-state index contributed by atoms with van der Waals surface area (Å²) >= 11 is 0. The third-order valence-electron chi connectivity index (χ3n) is 2.71. The predicted octanol–water partition coefficient (Wildman–Crippen LogP) is 1.31. The number of anilines is 1. The molecule has 0 saturated carbocycles. The molecule has 0 atom stereocenters. The first-order chi connectivity index (χ1) is 9.47. The zero-order valence-electron chi connectivity index (χ0n) is 11.9. The number of hydrogen-bond donors (Lipinski definition) is 3. The highest BCUT2D eigenvalue weighted by Gasteiger charge is 2.16. The first-order valence-corrected chi connectivity index (χ1v) is 8.08.